The molecule has 0 radical (unpaired) electrons. The number of ether oxygens (including phenoxy) is 1. The van der Waals surface area contributed by atoms with Crippen LogP contribution in [0.2, 0.25) is 0 Å². The van der Waals surface area contributed by atoms with Crippen LogP contribution in [-0.4, -0.2) is 65.0 Å². The summed E-state index contributed by atoms with van der Waals surface area (Å²) in [4.78, 5) is 51.4. The number of H-pyrrole nitrogens is 1. The number of aromatic amines is 1. The number of hydrogen-bond acceptors (Lipinski definition) is 11. The van der Waals surface area contributed by atoms with E-state index in [1.807, 2.05) is 4.98 Å². The molecule has 1 aliphatic heterocycles. The van der Waals surface area contributed by atoms with Crippen LogP contribution in [0.4, 0.5) is 4.39 Å². The maximum atomic E-state index is 13.9. The fourth-order valence-electron chi connectivity index (χ4n) is 2.70. The Balaban J connectivity index is 2.22. The van der Waals surface area contributed by atoms with Crippen LogP contribution < -0.4 is 11.2 Å². The summed E-state index contributed by atoms with van der Waals surface area (Å²) in [5.74, 6) is 0. The lowest BCUT2D eigenvalue weighted by atomic mass is 9.88. The first-order chi connectivity index (χ1) is 14.0. The minimum absolute atomic E-state index is 0.685. The second-order valence-corrected chi connectivity index (χ2v) is 11.3. The highest BCUT2D eigenvalue weighted by atomic mass is 32.4. The largest absolute Gasteiger partial charge is 0.532 e. The summed E-state index contributed by atoms with van der Waals surface area (Å²) in [5, 5.41) is 21.1. The molecule has 2 rings (SSSR count). The molecule has 15 nitrogen and oxygen atoms in total. The van der Waals surface area contributed by atoms with Crippen LogP contribution in [-0.2, 0) is 38.8 Å². The molecule has 176 valence electrons. The van der Waals surface area contributed by atoms with Gasteiger partial charge in [0.15, 0.2) is 11.8 Å². The summed E-state index contributed by atoms with van der Waals surface area (Å²) in [5.41, 5.74) is -6.45. The van der Waals surface area contributed by atoms with E-state index >= 15 is 0 Å². The number of nitrogens with zero attached hydrogens (tertiary/aromatic N) is 1. The van der Waals surface area contributed by atoms with E-state index in [-0.39, 0.29) is 0 Å². The predicted molar refractivity (Wildman–Crippen MR) is 101 cm³/mol. The average Bonchev–Trinajstić information content (AvgIpc) is 2.79. The Morgan fingerprint density at radius 1 is 1.39 bits per heavy atom. The summed E-state index contributed by atoms with van der Waals surface area (Å²) in [7, 11) is -13.6. The van der Waals surface area contributed by atoms with Crippen molar-refractivity contribution in [1.82, 2.24) is 9.55 Å². The number of nitrogens with one attached hydrogen (secondary N) is 1. The van der Waals surface area contributed by atoms with Crippen LogP contribution >= 0.6 is 22.8 Å². The third-order valence-corrected chi connectivity index (χ3v) is 8.31. The van der Waals surface area contributed by atoms with Crippen molar-refractivity contribution in [2.24, 2.45) is 0 Å². The molecule has 1 fully saturated rings. The van der Waals surface area contributed by atoms with Crippen LogP contribution in [0.5, 0.6) is 0 Å². The molecule has 1 saturated heterocycles. The fraction of sp³-hybridized carbons (Fsp3) is 0.636. The third kappa shape index (κ3) is 6.18. The second kappa shape index (κ2) is 9.23. The number of aromatic nitrogens is 2. The standard InChI is InChI=1S/C11H16FN2O13P3S/c1-10(18)7(16)11(4-12,25-8(10)14-3-2-6(15)13-9(14)17)5-24-28(31)26-30(22,23)27-29(19,20)21/h2-3,7-8,16,18H,4-5H2,1H3,(H3-,13,15,17,19,20,21,22,23)/p+1/t7-,8+,10+,11+/m0/s1. The number of halogens is 1. The number of rotatable bonds is 9. The van der Waals surface area contributed by atoms with Gasteiger partial charge >= 0.3 is 28.5 Å². The molecule has 0 spiro atoms. The molecule has 0 bridgehead atoms. The van der Waals surface area contributed by atoms with E-state index in [0.29, 0.717) is 4.57 Å². The first-order valence-electron chi connectivity index (χ1n) is 7.88. The van der Waals surface area contributed by atoms with E-state index in [0.717, 1.165) is 19.2 Å². The van der Waals surface area contributed by atoms with Gasteiger partial charge in [0.05, 0.1) is 0 Å². The molecular formula is C11H17FN2O13P3S+. The number of phosphoric acid groups is 2. The van der Waals surface area contributed by atoms with E-state index in [1.54, 1.807) is 0 Å². The molecule has 2 heterocycles. The molecule has 0 aliphatic carbocycles. The zero-order valence-corrected chi connectivity index (χ0v) is 18.8. The molecule has 0 amide bonds. The molecule has 1 aromatic heterocycles. The Kier molecular flexibility index (Phi) is 7.89. The van der Waals surface area contributed by atoms with E-state index in [2.05, 4.69) is 20.4 Å². The second-order valence-electron chi connectivity index (χ2n) is 6.43. The van der Waals surface area contributed by atoms with Crippen molar-refractivity contribution in [3.05, 3.63) is 33.1 Å². The van der Waals surface area contributed by atoms with Gasteiger partial charge in [-0.2, -0.15) is 4.31 Å². The maximum absolute atomic E-state index is 13.9. The molecule has 6 N–H and O–H groups in total. The Morgan fingerprint density at radius 2 is 2.00 bits per heavy atom. The number of hydrogen-bond donors (Lipinski definition) is 6. The number of alkyl halides is 1. The van der Waals surface area contributed by atoms with E-state index in [9.17, 15) is 38.2 Å². The van der Waals surface area contributed by atoms with Gasteiger partial charge in [0.2, 0.25) is 11.8 Å². The smallest absolute Gasteiger partial charge is 0.387 e. The SMILES string of the molecule is C[C@@]1(O)[C@H](O)[C@@](CF)(CO[P+](=S)OP(=O)(O)OP(=O)(O)O)O[C@H]1n1ccc(=O)[nH]c1=O. The summed E-state index contributed by atoms with van der Waals surface area (Å²) in [6, 6.07) is 0.912. The van der Waals surface area contributed by atoms with Crippen LogP contribution in [0.25, 0.3) is 0 Å². The van der Waals surface area contributed by atoms with Crippen molar-refractivity contribution in [2.75, 3.05) is 13.3 Å². The predicted octanol–water partition coefficient (Wildman–Crippen LogP) is -1.10. The van der Waals surface area contributed by atoms with Crippen LogP contribution in [0.15, 0.2) is 21.9 Å². The molecular weight excluding hydrogens is 512 g/mol. The lowest BCUT2D eigenvalue weighted by Crippen LogP contribution is -2.53. The monoisotopic (exact) mass is 529 g/mol. The third-order valence-electron chi connectivity index (χ3n) is 4.02. The first-order valence-corrected chi connectivity index (χ1v) is 13.1. The van der Waals surface area contributed by atoms with Crippen molar-refractivity contribution in [3.63, 3.8) is 0 Å². The number of aliphatic hydroxyl groups is 2. The molecule has 31 heavy (non-hydrogen) atoms. The van der Waals surface area contributed by atoms with Gasteiger partial charge in [-0.05, 0) is 11.2 Å². The van der Waals surface area contributed by atoms with Gasteiger partial charge in [0.1, 0.15) is 25.0 Å². The van der Waals surface area contributed by atoms with E-state index in [1.165, 1.54) is 0 Å². The highest BCUT2D eigenvalue weighted by Gasteiger charge is 2.63. The Labute approximate surface area is 177 Å². The van der Waals surface area contributed by atoms with Crippen LogP contribution in [0, 0.1) is 0 Å². The van der Waals surface area contributed by atoms with Gasteiger partial charge < -0.3 is 24.7 Å². The Morgan fingerprint density at radius 3 is 2.52 bits per heavy atom. The van der Waals surface area contributed by atoms with Gasteiger partial charge in [-0.1, -0.05) is 0 Å². The van der Waals surface area contributed by atoms with Crippen LogP contribution in [0.3, 0.4) is 0 Å². The highest BCUT2D eigenvalue weighted by Crippen LogP contribution is 2.62. The topological polar surface area (TPSA) is 227 Å². The molecule has 1 aliphatic rings. The van der Waals surface area contributed by atoms with Crippen LogP contribution in [0.1, 0.15) is 13.2 Å². The Bertz CT molecular complexity index is 1060. The lowest BCUT2D eigenvalue weighted by molar-refractivity contribution is -0.135. The maximum Gasteiger partial charge on any atom is 0.532 e. The van der Waals surface area contributed by atoms with Crippen molar-refractivity contribution >= 4 is 34.6 Å². The molecule has 0 saturated carbocycles. The van der Waals surface area contributed by atoms with Crippen molar-refractivity contribution < 1.29 is 56.3 Å². The van der Waals surface area contributed by atoms with Gasteiger partial charge in [0.25, 0.3) is 5.56 Å². The van der Waals surface area contributed by atoms with E-state index < -0.39 is 70.9 Å². The van der Waals surface area contributed by atoms with E-state index in [4.69, 9.17) is 19.0 Å². The summed E-state index contributed by atoms with van der Waals surface area (Å²) < 4.78 is 54.7. The van der Waals surface area contributed by atoms with Gasteiger partial charge in [-0.15, -0.1) is 4.52 Å². The average molecular weight is 529 g/mol. The summed E-state index contributed by atoms with van der Waals surface area (Å²) in [6.45, 7) is -1.48. The van der Waals surface area contributed by atoms with Gasteiger partial charge in [-0.25, -0.2) is 18.3 Å². The molecule has 0 aromatic carbocycles. The number of aliphatic hydroxyl groups excluding tert-OH is 1. The van der Waals surface area contributed by atoms with Crippen molar-refractivity contribution in [3.8, 4) is 0 Å². The Hall–Kier alpha value is -0.770. The minimum Gasteiger partial charge on any atom is -0.387 e. The zero-order chi connectivity index (χ0) is 23.8. The lowest BCUT2D eigenvalue weighted by Gasteiger charge is -2.29. The van der Waals surface area contributed by atoms with Crippen molar-refractivity contribution in [1.29, 1.82) is 0 Å². The zero-order valence-electron chi connectivity index (χ0n) is 15.3. The quantitative estimate of drug-likeness (QED) is 0.209. The fourth-order valence-corrected chi connectivity index (χ4v) is 6.26. The van der Waals surface area contributed by atoms with Crippen molar-refractivity contribution in [2.45, 2.75) is 30.5 Å². The highest BCUT2D eigenvalue weighted by molar-refractivity contribution is 8.02. The molecule has 20 heteroatoms. The molecule has 1 aromatic rings. The molecule has 2 unspecified atom stereocenters. The molecule has 6 atom stereocenters. The minimum atomic E-state index is -5.42. The van der Waals surface area contributed by atoms with Gasteiger partial charge in [-0.3, -0.25) is 19.2 Å². The van der Waals surface area contributed by atoms with Gasteiger partial charge in [0, 0.05) is 12.3 Å². The first kappa shape index (κ1) is 26.5. The normalized spacial score (nSPS) is 31.4. The summed E-state index contributed by atoms with van der Waals surface area (Å²) in [6.07, 6.45) is -2.81. The summed E-state index contributed by atoms with van der Waals surface area (Å²) >= 11 is 4.60.